The first-order valence-electron chi connectivity index (χ1n) is 11.0. The lowest BCUT2D eigenvalue weighted by Crippen LogP contribution is -2.42. The summed E-state index contributed by atoms with van der Waals surface area (Å²) < 4.78 is 10.8. The van der Waals surface area contributed by atoms with Gasteiger partial charge in [-0.15, -0.1) is 0 Å². The van der Waals surface area contributed by atoms with Gasteiger partial charge in [0.25, 0.3) is 5.91 Å². The molecule has 1 amide bonds. The number of benzene rings is 3. The molecule has 2 aliphatic heterocycles. The number of ether oxygens (including phenoxy) is 2. The normalized spacial score (nSPS) is 19.1. The van der Waals surface area contributed by atoms with Gasteiger partial charge in [0.2, 0.25) is 6.79 Å². The number of hydrogen-bond donors (Lipinski definition) is 0. The van der Waals surface area contributed by atoms with E-state index in [2.05, 4.69) is 24.3 Å². The summed E-state index contributed by atoms with van der Waals surface area (Å²) in [5.74, 6) is 1.18. The first-order chi connectivity index (χ1) is 15.2. The molecule has 5 nitrogen and oxygen atoms in total. The van der Waals surface area contributed by atoms with Gasteiger partial charge in [0.15, 0.2) is 17.3 Å². The van der Waals surface area contributed by atoms with Gasteiger partial charge >= 0.3 is 0 Å². The number of Topliss-reactive ketones (excluding diaryl/α,β-unsaturated/α-hetero) is 1. The predicted molar refractivity (Wildman–Crippen MR) is 117 cm³/mol. The van der Waals surface area contributed by atoms with E-state index in [-0.39, 0.29) is 24.4 Å². The van der Waals surface area contributed by atoms with Crippen molar-refractivity contribution >= 4 is 22.5 Å². The summed E-state index contributed by atoms with van der Waals surface area (Å²) in [6, 6.07) is 15.7. The van der Waals surface area contributed by atoms with Crippen molar-refractivity contribution < 1.29 is 19.1 Å². The minimum Gasteiger partial charge on any atom is -0.454 e. The molecule has 0 spiro atoms. The summed E-state index contributed by atoms with van der Waals surface area (Å²) in [5, 5.41) is 2.33. The molecule has 3 aliphatic rings. The standard InChI is InChI=1S/C26H23NO4/c28-25(21-10-8-17-7-6-16-3-1-5-20(21)24(16)17)19-4-2-12-27(14-19)26(29)18-9-11-22-23(13-18)31-15-30-22/h1,3,5,8-11,13,19H,2,4,6-7,12,14-15H2/t19-/m1/s1. The van der Waals surface area contributed by atoms with Crippen LogP contribution in [0.4, 0.5) is 0 Å². The fourth-order valence-electron chi connectivity index (χ4n) is 5.27. The Morgan fingerprint density at radius 1 is 0.935 bits per heavy atom. The second-order valence-corrected chi connectivity index (χ2v) is 8.63. The third-order valence-electron chi connectivity index (χ3n) is 6.84. The van der Waals surface area contributed by atoms with Crippen LogP contribution in [0, 0.1) is 5.92 Å². The summed E-state index contributed by atoms with van der Waals surface area (Å²) in [7, 11) is 0. The molecule has 3 aromatic rings. The third-order valence-corrected chi connectivity index (χ3v) is 6.84. The van der Waals surface area contributed by atoms with Crippen LogP contribution >= 0.6 is 0 Å². The smallest absolute Gasteiger partial charge is 0.254 e. The van der Waals surface area contributed by atoms with Gasteiger partial charge in [-0.25, -0.2) is 0 Å². The molecule has 0 bridgehead atoms. The summed E-state index contributed by atoms with van der Waals surface area (Å²) >= 11 is 0. The Labute approximate surface area is 180 Å². The number of piperidine rings is 1. The van der Waals surface area contributed by atoms with Crippen molar-refractivity contribution in [1.82, 2.24) is 4.90 Å². The van der Waals surface area contributed by atoms with E-state index in [1.807, 2.05) is 11.0 Å². The minimum absolute atomic E-state index is 0.0591. The SMILES string of the molecule is O=C(c1ccc2c3c(cccc13)CC2)[C@@H]1CCCN(C(=O)c2ccc3c(c2)OCO3)C1. The van der Waals surface area contributed by atoms with Crippen LogP contribution in [0.25, 0.3) is 10.8 Å². The Morgan fingerprint density at radius 3 is 2.68 bits per heavy atom. The molecule has 0 unspecified atom stereocenters. The molecule has 1 fully saturated rings. The van der Waals surface area contributed by atoms with Crippen LogP contribution in [0.1, 0.15) is 44.7 Å². The van der Waals surface area contributed by atoms with Gasteiger partial charge in [-0.3, -0.25) is 9.59 Å². The average molecular weight is 413 g/mol. The molecular weight excluding hydrogens is 390 g/mol. The number of rotatable bonds is 3. The van der Waals surface area contributed by atoms with Crippen molar-refractivity contribution in [2.24, 2.45) is 5.92 Å². The zero-order valence-electron chi connectivity index (χ0n) is 17.2. The van der Waals surface area contributed by atoms with Crippen molar-refractivity contribution in [3.05, 3.63) is 70.8 Å². The highest BCUT2D eigenvalue weighted by molar-refractivity contribution is 6.11. The first kappa shape index (κ1) is 18.4. The number of ketones is 1. The maximum Gasteiger partial charge on any atom is 0.254 e. The molecule has 1 aliphatic carbocycles. The Kier molecular flexibility index (Phi) is 4.23. The highest BCUT2D eigenvalue weighted by Crippen LogP contribution is 2.35. The van der Waals surface area contributed by atoms with E-state index < -0.39 is 0 Å². The minimum atomic E-state index is -0.176. The van der Waals surface area contributed by atoms with Crippen molar-refractivity contribution in [2.75, 3.05) is 19.9 Å². The molecule has 5 heteroatoms. The maximum absolute atomic E-state index is 13.5. The summed E-state index contributed by atoms with van der Waals surface area (Å²) in [4.78, 5) is 28.5. The molecule has 31 heavy (non-hydrogen) atoms. The number of likely N-dealkylation sites (tertiary alicyclic amines) is 1. The summed E-state index contributed by atoms with van der Waals surface area (Å²) in [6.07, 6.45) is 3.73. The second kappa shape index (κ2) is 7.12. The maximum atomic E-state index is 13.5. The van der Waals surface area contributed by atoms with Gasteiger partial charge in [-0.05, 0) is 65.8 Å². The first-order valence-corrected chi connectivity index (χ1v) is 11.0. The zero-order valence-corrected chi connectivity index (χ0v) is 17.2. The van der Waals surface area contributed by atoms with Crippen LogP contribution in [0.5, 0.6) is 11.5 Å². The molecule has 3 aromatic carbocycles. The van der Waals surface area contributed by atoms with Crippen LogP contribution in [0.15, 0.2) is 48.5 Å². The number of amides is 1. The lowest BCUT2D eigenvalue weighted by Gasteiger charge is -2.32. The molecule has 156 valence electrons. The molecular formula is C26H23NO4. The van der Waals surface area contributed by atoms with Gasteiger partial charge in [0.1, 0.15) is 0 Å². The molecule has 1 saturated heterocycles. The average Bonchev–Trinajstić information content (AvgIpc) is 3.46. The van der Waals surface area contributed by atoms with E-state index in [4.69, 9.17) is 9.47 Å². The number of nitrogens with zero attached hydrogens (tertiary/aromatic N) is 1. The lowest BCUT2D eigenvalue weighted by atomic mass is 9.87. The Hall–Kier alpha value is -3.34. The molecule has 1 atom stereocenters. The van der Waals surface area contributed by atoms with Crippen molar-refractivity contribution in [1.29, 1.82) is 0 Å². The van der Waals surface area contributed by atoms with E-state index in [0.29, 0.717) is 30.2 Å². The number of carbonyl (C=O) groups excluding carboxylic acids is 2. The number of fused-ring (bicyclic) bond motifs is 1. The number of hydrogen-bond acceptors (Lipinski definition) is 4. The second-order valence-electron chi connectivity index (χ2n) is 8.63. The van der Waals surface area contributed by atoms with Crippen LogP contribution in [-0.2, 0) is 12.8 Å². The highest BCUT2D eigenvalue weighted by Gasteiger charge is 2.31. The Balaban J connectivity index is 1.26. The van der Waals surface area contributed by atoms with E-state index in [0.717, 1.165) is 36.6 Å². The quantitative estimate of drug-likeness (QED) is 0.597. The van der Waals surface area contributed by atoms with E-state index in [1.165, 1.54) is 16.5 Å². The molecule has 0 N–H and O–H groups in total. The topological polar surface area (TPSA) is 55.8 Å². The molecule has 0 saturated carbocycles. The Morgan fingerprint density at radius 2 is 1.77 bits per heavy atom. The van der Waals surface area contributed by atoms with Gasteiger partial charge in [-0.1, -0.05) is 30.3 Å². The van der Waals surface area contributed by atoms with Crippen LogP contribution < -0.4 is 9.47 Å². The molecule has 2 heterocycles. The van der Waals surface area contributed by atoms with Crippen LogP contribution in [-0.4, -0.2) is 36.5 Å². The lowest BCUT2D eigenvalue weighted by molar-refractivity contribution is 0.0637. The summed E-state index contributed by atoms with van der Waals surface area (Å²) in [5.41, 5.74) is 4.04. The van der Waals surface area contributed by atoms with Crippen LogP contribution in [0.2, 0.25) is 0 Å². The fourth-order valence-corrected chi connectivity index (χ4v) is 5.27. The van der Waals surface area contributed by atoms with Gasteiger partial charge in [0.05, 0.1) is 0 Å². The van der Waals surface area contributed by atoms with Gasteiger partial charge < -0.3 is 14.4 Å². The zero-order chi connectivity index (χ0) is 20.9. The highest BCUT2D eigenvalue weighted by atomic mass is 16.7. The van der Waals surface area contributed by atoms with E-state index in [1.54, 1.807) is 18.2 Å². The van der Waals surface area contributed by atoms with Crippen molar-refractivity contribution in [3.8, 4) is 11.5 Å². The fraction of sp³-hybridized carbons (Fsp3) is 0.308. The molecule has 0 radical (unpaired) electrons. The van der Waals surface area contributed by atoms with Crippen molar-refractivity contribution in [2.45, 2.75) is 25.7 Å². The Bertz CT molecular complexity index is 1220. The largest absolute Gasteiger partial charge is 0.454 e. The number of carbonyl (C=O) groups is 2. The number of aryl methyl sites for hydroxylation is 2. The summed E-state index contributed by atoms with van der Waals surface area (Å²) in [6.45, 7) is 1.30. The van der Waals surface area contributed by atoms with Gasteiger partial charge in [0, 0.05) is 30.1 Å². The third kappa shape index (κ3) is 2.99. The predicted octanol–water partition coefficient (Wildman–Crippen LogP) is 4.40. The molecule has 0 aromatic heterocycles. The van der Waals surface area contributed by atoms with E-state index >= 15 is 0 Å². The van der Waals surface area contributed by atoms with Crippen molar-refractivity contribution in [3.63, 3.8) is 0 Å². The monoisotopic (exact) mass is 413 g/mol. The van der Waals surface area contributed by atoms with Crippen LogP contribution in [0.3, 0.4) is 0 Å². The van der Waals surface area contributed by atoms with Gasteiger partial charge in [-0.2, -0.15) is 0 Å². The van der Waals surface area contributed by atoms with E-state index in [9.17, 15) is 9.59 Å². The molecule has 6 rings (SSSR count).